The highest BCUT2D eigenvalue weighted by Gasteiger charge is 2.30. The number of carbonyl (C=O) groups is 5. The van der Waals surface area contributed by atoms with Crippen LogP contribution in [0.4, 0.5) is 18.9 Å². The summed E-state index contributed by atoms with van der Waals surface area (Å²) in [6.07, 6.45) is -4.63. The lowest BCUT2D eigenvalue weighted by Gasteiger charge is -2.27. The maximum absolute atomic E-state index is 12.9. The zero-order chi connectivity index (χ0) is 28.2. The van der Waals surface area contributed by atoms with E-state index in [9.17, 15) is 37.1 Å². The molecule has 16 heteroatoms. The van der Waals surface area contributed by atoms with Crippen LogP contribution >= 0.6 is 0 Å². The zero-order valence-corrected chi connectivity index (χ0v) is 19.5. The molecule has 0 aliphatic rings. The third-order valence-electron chi connectivity index (χ3n) is 4.74. The van der Waals surface area contributed by atoms with Gasteiger partial charge in [-0.25, -0.2) is 0 Å². The Kier molecular flexibility index (Phi) is 12.4. The zero-order valence-electron chi connectivity index (χ0n) is 19.5. The van der Waals surface area contributed by atoms with Crippen molar-refractivity contribution in [3.8, 4) is 0 Å². The molecule has 0 heterocycles. The summed E-state index contributed by atoms with van der Waals surface area (Å²) in [4.78, 5) is 60.2. The summed E-state index contributed by atoms with van der Waals surface area (Å²) in [7, 11) is 0. The number of hydrogen-bond donors (Lipinski definition) is 5. The van der Waals surface area contributed by atoms with Crippen molar-refractivity contribution in [3.05, 3.63) is 29.8 Å². The SMILES string of the molecule is O=C(O)CN(CCN(CC(=O)O)CC(=O)O)CCN(CC(=O)O)CC(=O)Nc1cccc(C(F)(F)F)c1. The summed E-state index contributed by atoms with van der Waals surface area (Å²) in [6.45, 7) is -3.36. The largest absolute Gasteiger partial charge is 0.480 e. The minimum Gasteiger partial charge on any atom is -0.480 e. The van der Waals surface area contributed by atoms with Crippen LogP contribution < -0.4 is 5.32 Å². The van der Waals surface area contributed by atoms with Gasteiger partial charge >= 0.3 is 30.1 Å². The third-order valence-corrected chi connectivity index (χ3v) is 4.74. The molecule has 0 atom stereocenters. The highest BCUT2D eigenvalue weighted by atomic mass is 19.4. The summed E-state index contributed by atoms with van der Waals surface area (Å²) < 4.78 is 38.6. The number of aliphatic carboxylic acids is 4. The van der Waals surface area contributed by atoms with Crippen LogP contribution in [0.3, 0.4) is 0 Å². The Morgan fingerprint density at radius 3 is 1.51 bits per heavy atom. The van der Waals surface area contributed by atoms with E-state index in [0.29, 0.717) is 6.07 Å². The van der Waals surface area contributed by atoms with Gasteiger partial charge in [-0.2, -0.15) is 13.2 Å². The van der Waals surface area contributed by atoms with Crippen LogP contribution in [0.1, 0.15) is 5.56 Å². The highest BCUT2D eigenvalue weighted by Crippen LogP contribution is 2.30. The van der Waals surface area contributed by atoms with Gasteiger partial charge in [0.2, 0.25) is 5.91 Å². The minimum atomic E-state index is -4.63. The monoisotopic (exact) mass is 536 g/mol. The normalized spacial score (nSPS) is 11.6. The minimum absolute atomic E-state index is 0.0792. The lowest BCUT2D eigenvalue weighted by Crippen LogP contribution is -2.46. The Hall–Kier alpha value is -3.76. The van der Waals surface area contributed by atoms with E-state index in [0.717, 1.165) is 21.9 Å². The Bertz CT molecular complexity index is 959. The maximum Gasteiger partial charge on any atom is 0.416 e. The molecule has 0 aliphatic carbocycles. The van der Waals surface area contributed by atoms with E-state index in [4.69, 9.17) is 20.4 Å². The average molecular weight is 536 g/mol. The number of benzene rings is 1. The fourth-order valence-corrected chi connectivity index (χ4v) is 3.21. The molecular weight excluding hydrogens is 509 g/mol. The number of nitrogens with zero attached hydrogens (tertiary/aromatic N) is 3. The van der Waals surface area contributed by atoms with Crippen molar-refractivity contribution in [2.75, 3.05) is 64.2 Å². The Morgan fingerprint density at radius 2 is 1.08 bits per heavy atom. The summed E-state index contributed by atoms with van der Waals surface area (Å²) in [5.41, 5.74) is -1.14. The molecule has 13 nitrogen and oxygen atoms in total. The number of halogens is 3. The van der Waals surface area contributed by atoms with Gasteiger partial charge in [-0.05, 0) is 18.2 Å². The van der Waals surface area contributed by atoms with E-state index in [1.807, 2.05) is 0 Å². The first-order valence-electron chi connectivity index (χ1n) is 10.7. The predicted molar refractivity (Wildman–Crippen MR) is 120 cm³/mol. The van der Waals surface area contributed by atoms with E-state index in [1.165, 1.54) is 11.0 Å². The molecular formula is C21H27F3N4O9. The third kappa shape index (κ3) is 13.8. The molecule has 0 saturated carbocycles. The van der Waals surface area contributed by atoms with Crippen molar-refractivity contribution in [3.63, 3.8) is 0 Å². The Morgan fingerprint density at radius 1 is 0.676 bits per heavy atom. The van der Waals surface area contributed by atoms with Gasteiger partial charge in [0.1, 0.15) is 0 Å². The van der Waals surface area contributed by atoms with Crippen LogP contribution in [-0.4, -0.2) is 124 Å². The van der Waals surface area contributed by atoms with Gasteiger partial charge in [0.15, 0.2) is 0 Å². The summed E-state index contributed by atoms with van der Waals surface area (Å²) in [6, 6.07) is 3.85. The van der Waals surface area contributed by atoms with E-state index < -0.39 is 74.2 Å². The van der Waals surface area contributed by atoms with Crippen molar-refractivity contribution in [1.29, 1.82) is 0 Å². The van der Waals surface area contributed by atoms with Crippen molar-refractivity contribution in [2.45, 2.75) is 6.18 Å². The Balaban J connectivity index is 2.83. The van der Waals surface area contributed by atoms with Crippen LogP contribution in [0.5, 0.6) is 0 Å². The van der Waals surface area contributed by atoms with Gasteiger partial charge in [-0.3, -0.25) is 38.7 Å². The molecule has 0 bridgehead atoms. The first-order chi connectivity index (χ1) is 17.1. The molecule has 0 fully saturated rings. The van der Waals surface area contributed by atoms with Crippen LogP contribution in [0, 0.1) is 0 Å². The van der Waals surface area contributed by atoms with Crippen molar-refractivity contribution >= 4 is 35.5 Å². The lowest BCUT2D eigenvalue weighted by molar-refractivity contribution is -0.143. The topological polar surface area (TPSA) is 188 Å². The number of carboxylic acids is 4. The number of amides is 1. The van der Waals surface area contributed by atoms with Gasteiger partial charge in [-0.15, -0.1) is 0 Å². The predicted octanol–water partition coefficient (Wildman–Crippen LogP) is -0.112. The first-order valence-corrected chi connectivity index (χ1v) is 10.7. The second kappa shape index (κ2) is 14.7. The van der Waals surface area contributed by atoms with E-state index in [2.05, 4.69) is 5.32 Å². The average Bonchev–Trinajstić information content (AvgIpc) is 2.73. The van der Waals surface area contributed by atoms with Crippen molar-refractivity contribution in [1.82, 2.24) is 14.7 Å². The van der Waals surface area contributed by atoms with Crippen LogP contribution in [-0.2, 0) is 30.1 Å². The molecule has 5 N–H and O–H groups in total. The molecule has 1 amide bonds. The van der Waals surface area contributed by atoms with Gasteiger partial charge in [-0.1, -0.05) is 6.07 Å². The molecule has 0 unspecified atom stereocenters. The number of anilines is 1. The van der Waals surface area contributed by atoms with Gasteiger partial charge in [0, 0.05) is 31.9 Å². The summed E-state index contributed by atoms with van der Waals surface area (Å²) >= 11 is 0. The molecule has 1 aromatic rings. The van der Waals surface area contributed by atoms with Crippen LogP contribution in [0.25, 0.3) is 0 Å². The van der Waals surface area contributed by atoms with Crippen molar-refractivity contribution < 1.29 is 57.6 Å². The van der Waals surface area contributed by atoms with E-state index in [-0.39, 0.29) is 31.9 Å². The fraction of sp³-hybridized carbons (Fsp3) is 0.476. The van der Waals surface area contributed by atoms with Crippen molar-refractivity contribution in [2.24, 2.45) is 0 Å². The summed E-state index contributed by atoms with van der Waals surface area (Å²) in [5.74, 6) is -5.95. The van der Waals surface area contributed by atoms with Gasteiger partial charge in [0.05, 0.1) is 38.3 Å². The molecule has 0 saturated heterocycles. The van der Waals surface area contributed by atoms with Gasteiger partial charge in [0.25, 0.3) is 0 Å². The molecule has 206 valence electrons. The van der Waals surface area contributed by atoms with E-state index >= 15 is 0 Å². The van der Waals surface area contributed by atoms with E-state index in [1.54, 1.807) is 0 Å². The quantitative estimate of drug-likeness (QED) is 0.178. The molecule has 1 rings (SSSR count). The first kappa shape index (κ1) is 31.3. The van der Waals surface area contributed by atoms with Crippen LogP contribution in [0.2, 0.25) is 0 Å². The molecule has 37 heavy (non-hydrogen) atoms. The number of carbonyl (C=O) groups excluding carboxylic acids is 1. The Labute approximate surface area is 208 Å². The highest BCUT2D eigenvalue weighted by molar-refractivity contribution is 5.92. The molecule has 0 radical (unpaired) electrons. The van der Waals surface area contributed by atoms with Gasteiger partial charge < -0.3 is 25.7 Å². The summed E-state index contributed by atoms with van der Waals surface area (Å²) in [5, 5.41) is 38.4. The van der Waals surface area contributed by atoms with Crippen LogP contribution in [0.15, 0.2) is 24.3 Å². The molecule has 0 aromatic heterocycles. The number of hydrogen-bond acceptors (Lipinski definition) is 8. The number of rotatable bonds is 17. The standard InChI is InChI=1S/C21H27F3N4O9/c22-21(23,24)14-2-1-3-15(8-14)25-16(29)9-27(11-18(32)33)6-4-26(10-17(30)31)5-7-28(12-19(34)35)13-20(36)37/h1-3,8H,4-7,9-13H2,(H,25,29)(H,30,31)(H,32,33)(H,34,35)(H,36,37). The second-order valence-electron chi connectivity index (χ2n) is 7.90. The number of carboxylic acid groups (broad SMARTS) is 4. The lowest BCUT2D eigenvalue weighted by atomic mass is 10.2. The molecule has 0 aliphatic heterocycles. The smallest absolute Gasteiger partial charge is 0.416 e. The molecule has 1 aromatic carbocycles. The second-order valence-corrected chi connectivity index (χ2v) is 7.90. The fourth-order valence-electron chi connectivity index (χ4n) is 3.21. The number of alkyl halides is 3. The maximum atomic E-state index is 12.9. The number of nitrogens with one attached hydrogen (secondary N) is 1. The molecule has 0 spiro atoms.